The van der Waals surface area contributed by atoms with Crippen molar-refractivity contribution < 1.29 is 62.1 Å². The minimum atomic E-state index is -1.06. The van der Waals surface area contributed by atoms with Gasteiger partial charge in [0.15, 0.2) is 29.9 Å². The predicted octanol–water partition coefficient (Wildman–Crippen LogP) is 6.47. The number of amides is 2. The van der Waals surface area contributed by atoms with E-state index in [9.17, 15) is 14.7 Å². The Bertz CT molecular complexity index is 1440. The van der Waals surface area contributed by atoms with Crippen molar-refractivity contribution in [2.24, 2.45) is 0 Å². The topological polar surface area (TPSA) is 171 Å². The molecule has 0 aromatic heterocycles. The maximum absolute atomic E-state index is 13.6. The second kappa shape index (κ2) is 18.6. The van der Waals surface area contributed by atoms with Crippen molar-refractivity contribution >= 4 is 17.7 Å². The molecule has 0 bridgehead atoms. The molecule has 0 radical (unpaired) electrons. The molecule has 5 heterocycles. The number of hydrogen-bond acceptors (Lipinski definition) is 12. The van der Waals surface area contributed by atoms with Gasteiger partial charge >= 0.3 is 12.0 Å². The zero-order valence-electron chi connectivity index (χ0n) is 34.1. The average Bonchev–Trinajstić information content (AvgIpc) is 3.90. The van der Waals surface area contributed by atoms with Crippen LogP contribution < -0.4 is 10.6 Å². The number of hydrogen-bond donors (Lipinski definition) is 3. The number of carbonyl (C=O) groups excluding carboxylic acids is 1. The Morgan fingerprint density at radius 3 is 2.02 bits per heavy atom. The van der Waals surface area contributed by atoms with Crippen LogP contribution in [0.3, 0.4) is 0 Å². The number of carbonyl (C=O) groups is 2. The van der Waals surface area contributed by atoms with E-state index in [4.69, 9.17) is 47.4 Å². The molecule has 316 valence electrons. The van der Waals surface area contributed by atoms with Crippen molar-refractivity contribution in [3.05, 3.63) is 29.8 Å². The van der Waals surface area contributed by atoms with Gasteiger partial charge in [-0.05, 0) is 72.2 Å². The molecule has 2 amide bonds. The summed E-state index contributed by atoms with van der Waals surface area (Å²) in [5.74, 6) is -3.60. The van der Waals surface area contributed by atoms with E-state index in [2.05, 4.69) is 17.6 Å². The van der Waals surface area contributed by atoms with E-state index in [1.165, 1.54) is 69.2 Å². The highest BCUT2D eigenvalue weighted by Crippen LogP contribution is 2.44. The Labute approximate surface area is 331 Å². The van der Waals surface area contributed by atoms with Crippen LogP contribution in [-0.4, -0.2) is 116 Å². The number of benzene rings is 1. The Kier molecular flexibility index (Phi) is 14.4. The van der Waals surface area contributed by atoms with Gasteiger partial charge in [0.25, 0.3) is 0 Å². The summed E-state index contributed by atoms with van der Waals surface area (Å²) in [6, 6.07) is 4.55. The number of ether oxygens (including phenoxy) is 10. The molecule has 0 spiro atoms. The molecule has 5 saturated heterocycles. The first-order valence-electron chi connectivity index (χ1n) is 20.6. The van der Waals surface area contributed by atoms with Crippen LogP contribution in [0.2, 0.25) is 0 Å². The number of urea groups is 1. The summed E-state index contributed by atoms with van der Waals surface area (Å²) in [6.07, 6.45) is 6.57. The van der Waals surface area contributed by atoms with E-state index in [0.717, 1.165) is 19.3 Å². The summed E-state index contributed by atoms with van der Waals surface area (Å²) < 4.78 is 63.0. The van der Waals surface area contributed by atoms with Crippen molar-refractivity contribution in [1.82, 2.24) is 5.32 Å². The number of carboxylic acids is 1. The summed E-state index contributed by atoms with van der Waals surface area (Å²) in [5.41, 5.74) is 0.509. The summed E-state index contributed by atoms with van der Waals surface area (Å²) in [5, 5.41) is 15.1. The fourth-order valence-corrected chi connectivity index (χ4v) is 8.18. The van der Waals surface area contributed by atoms with Crippen LogP contribution in [0.15, 0.2) is 24.3 Å². The van der Waals surface area contributed by atoms with Crippen LogP contribution in [0.25, 0.3) is 0 Å². The SMILES string of the molecule is CCCCCCCCCCCCOC1C(C(COC2OC(C3COC(C)(C)O3)C3OC(C)(C)OC23)NC(=O)Nc2ccc(C(=O)O)cc2)OC2OC(C)(C)OC21. The van der Waals surface area contributed by atoms with Gasteiger partial charge in [-0.25, -0.2) is 9.59 Å². The van der Waals surface area contributed by atoms with E-state index in [0.29, 0.717) is 18.9 Å². The summed E-state index contributed by atoms with van der Waals surface area (Å²) in [7, 11) is 0. The lowest BCUT2D eigenvalue weighted by Crippen LogP contribution is -2.54. The number of unbranched alkanes of at least 4 members (excludes halogenated alkanes) is 9. The molecule has 1 aromatic carbocycles. The molecule has 15 heteroatoms. The van der Waals surface area contributed by atoms with Crippen LogP contribution in [0.4, 0.5) is 10.5 Å². The molecule has 10 atom stereocenters. The van der Waals surface area contributed by atoms with Crippen LogP contribution in [0.5, 0.6) is 0 Å². The van der Waals surface area contributed by atoms with Crippen molar-refractivity contribution in [3.8, 4) is 0 Å². The van der Waals surface area contributed by atoms with Gasteiger partial charge in [0.2, 0.25) is 0 Å². The van der Waals surface area contributed by atoms with E-state index < -0.39 is 90.7 Å². The lowest BCUT2D eigenvalue weighted by atomic mass is 10.0. The van der Waals surface area contributed by atoms with Crippen molar-refractivity contribution in [2.45, 2.75) is 191 Å². The van der Waals surface area contributed by atoms with E-state index in [1.807, 2.05) is 41.5 Å². The van der Waals surface area contributed by atoms with Crippen molar-refractivity contribution in [1.29, 1.82) is 0 Å². The highest BCUT2D eigenvalue weighted by molar-refractivity contribution is 5.91. The zero-order valence-corrected chi connectivity index (χ0v) is 34.1. The standard InChI is InChI=1S/C41H64N2O13/c1-8-9-10-11-12-13-14-15-16-17-22-47-31-29(50-37-33(31)54-41(6,7)56-37)27(43-38(46)42-26-20-18-25(19-21-26)35(44)45)23-48-36-34-32(53-40(4,5)55-34)30(51-36)28-24-49-39(2,3)52-28/h18-21,27-34,36-37H,8-17,22-24H2,1-7H3,(H,44,45)(H2,42,43,46). The zero-order chi connectivity index (χ0) is 40.1. The molecule has 3 N–H and O–H groups in total. The monoisotopic (exact) mass is 792 g/mol. The second-order valence-corrected chi connectivity index (χ2v) is 16.9. The lowest BCUT2D eigenvalue weighted by molar-refractivity contribution is -0.253. The maximum atomic E-state index is 13.6. The van der Waals surface area contributed by atoms with E-state index in [-0.39, 0.29) is 12.2 Å². The molecular weight excluding hydrogens is 728 g/mol. The van der Waals surface area contributed by atoms with Gasteiger partial charge in [-0.3, -0.25) is 0 Å². The fourth-order valence-electron chi connectivity index (χ4n) is 8.18. The number of anilines is 1. The average molecular weight is 793 g/mol. The third-order valence-corrected chi connectivity index (χ3v) is 10.8. The Hall–Kier alpha value is -2.44. The first kappa shape index (κ1) is 43.1. The third kappa shape index (κ3) is 11.2. The summed E-state index contributed by atoms with van der Waals surface area (Å²) in [4.78, 5) is 25.0. The quantitative estimate of drug-likeness (QED) is 0.123. The first-order valence-corrected chi connectivity index (χ1v) is 20.6. The Morgan fingerprint density at radius 2 is 1.38 bits per heavy atom. The minimum absolute atomic E-state index is 0.0606. The summed E-state index contributed by atoms with van der Waals surface area (Å²) >= 11 is 0. The number of carboxylic acid groups (broad SMARTS) is 1. The number of nitrogens with one attached hydrogen (secondary N) is 2. The molecule has 56 heavy (non-hydrogen) atoms. The minimum Gasteiger partial charge on any atom is -0.478 e. The van der Waals surface area contributed by atoms with Crippen molar-refractivity contribution in [2.75, 3.05) is 25.1 Å². The molecule has 0 aliphatic carbocycles. The molecule has 6 rings (SSSR count). The number of fused-ring (bicyclic) bond motifs is 2. The molecular formula is C41H64N2O13. The molecule has 5 fully saturated rings. The van der Waals surface area contributed by atoms with Crippen LogP contribution in [-0.2, 0) is 47.4 Å². The van der Waals surface area contributed by atoms with Gasteiger partial charge in [0.1, 0.15) is 42.7 Å². The van der Waals surface area contributed by atoms with Crippen LogP contribution >= 0.6 is 0 Å². The molecule has 15 nitrogen and oxygen atoms in total. The van der Waals surface area contributed by atoms with E-state index >= 15 is 0 Å². The van der Waals surface area contributed by atoms with Crippen molar-refractivity contribution in [3.63, 3.8) is 0 Å². The van der Waals surface area contributed by atoms with Gasteiger partial charge < -0.3 is 63.1 Å². The highest BCUT2D eigenvalue weighted by Gasteiger charge is 2.61. The molecule has 0 saturated carbocycles. The fraction of sp³-hybridized carbons (Fsp3) is 0.805. The van der Waals surface area contributed by atoms with Gasteiger partial charge in [-0.15, -0.1) is 0 Å². The van der Waals surface area contributed by atoms with Gasteiger partial charge in [-0.2, -0.15) is 0 Å². The Morgan fingerprint density at radius 1 is 0.750 bits per heavy atom. The molecule has 5 aliphatic rings. The molecule has 1 aromatic rings. The van der Waals surface area contributed by atoms with Gasteiger partial charge in [-0.1, -0.05) is 64.7 Å². The second-order valence-electron chi connectivity index (χ2n) is 16.9. The third-order valence-electron chi connectivity index (χ3n) is 10.8. The predicted molar refractivity (Wildman–Crippen MR) is 203 cm³/mol. The van der Waals surface area contributed by atoms with Crippen LogP contribution in [0.1, 0.15) is 123 Å². The van der Waals surface area contributed by atoms with Gasteiger partial charge in [0.05, 0.1) is 24.8 Å². The first-order chi connectivity index (χ1) is 26.6. The smallest absolute Gasteiger partial charge is 0.335 e. The number of aromatic carboxylic acids is 1. The lowest BCUT2D eigenvalue weighted by Gasteiger charge is -2.32. The van der Waals surface area contributed by atoms with Crippen LogP contribution in [0, 0.1) is 0 Å². The van der Waals surface area contributed by atoms with E-state index in [1.54, 1.807) is 0 Å². The highest BCUT2D eigenvalue weighted by atomic mass is 16.8. The number of rotatable bonds is 20. The maximum Gasteiger partial charge on any atom is 0.335 e. The summed E-state index contributed by atoms with van der Waals surface area (Å²) in [6.45, 7) is 14.0. The van der Waals surface area contributed by atoms with Gasteiger partial charge in [0, 0.05) is 12.3 Å². The largest absolute Gasteiger partial charge is 0.478 e. The normalized spacial score (nSPS) is 32.9. The Balaban J connectivity index is 1.14. The molecule has 10 unspecified atom stereocenters. The molecule has 5 aliphatic heterocycles.